The molecule has 1 N–H and O–H groups in total. The number of fused-ring (bicyclic) bond motifs is 1. The number of nitrogens with zero attached hydrogens (tertiary/aromatic N) is 3. The van der Waals surface area contributed by atoms with Crippen LogP contribution < -0.4 is 0 Å². The highest BCUT2D eigenvalue weighted by Crippen LogP contribution is 2.67. The Labute approximate surface area is 256 Å². The normalized spacial score (nSPS) is 27.5. The molecule has 3 saturated heterocycles. The molecule has 0 aliphatic carbocycles. The van der Waals surface area contributed by atoms with Crippen LogP contribution in [-0.4, -0.2) is 91.9 Å². The third kappa shape index (κ3) is 5.81. The van der Waals surface area contributed by atoms with Crippen molar-refractivity contribution in [1.29, 1.82) is 0 Å². The number of thioether (sulfide) groups is 1. The number of hydrogen-bond acceptors (Lipinski definition) is 5. The topological polar surface area (TPSA) is 81.2 Å². The van der Waals surface area contributed by atoms with Gasteiger partial charge in [0.15, 0.2) is 0 Å². The molecular weight excluding hydrogens is 546 g/mol. The molecule has 0 saturated carbocycles. The first-order chi connectivity index (χ1) is 19.7. The molecule has 0 aromatic heterocycles. The SMILES string of the molecule is C=CCN(C)C(=O)[C@@H]1[C@@H]2CCC3(S2)C(C(=O)N(CC=C)C(C)(C)CC(C)(C)C)N([C@@H](CO)Cc2ccccc2)C(=O)[C@H]13. The van der Waals surface area contributed by atoms with Gasteiger partial charge in [-0.25, -0.2) is 0 Å². The zero-order valence-corrected chi connectivity index (χ0v) is 27.0. The Hall–Kier alpha value is -2.58. The van der Waals surface area contributed by atoms with Crippen LogP contribution in [0.15, 0.2) is 55.6 Å². The van der Waals surface area contributed by atoms with Gasteiger partial charge in [0, 0.05) is 30.9 Å². The van der Waals surface area contributed by atoms with Gasteiger partial charge in [0.1, 0.15) is 6.04 Å². The number of likely N-dealkylation sites (tertiary alicyclic amines) is 1. The molecule has 8 heteroatoms. The molecule has 0 radical (unpaired) electrons. The number of carbonyl (C=O) groups excluding carboxylic acids is 3. The second-order valence-corrected chi connectivity index (χ2v) is 15.7. The molecule has 3 heterocycles. The number of hydrogen-bond donors (Lipinski definition) is 1. The smallest absolute Gasteiger partial charge is 0.247 e. The molecule has 1 spiro atoms. The predicted molar refractivity (Wildman–Crippen MR) is 170 cm³/mol. The zero-order chi connectivity index (χ0) is 31.0. The van der Waals surface area contributed by atoms with Crippen LogP contribution in [0.4, 0.5) is 0 Å². The lowest BCUT2D eigenvalue weighted by Gasteiger charge is -2.46. The van der Waals surface area contributed by atoms with Gasteiger partial charge >= 0.3 is 0 Å². The molecule has 2 bridgehead atoms. The summed E-state index contributed by atoms with van der Waals surface area (Å²) in [6.45, 7) is 18.9. The lowest BCUT2D eigenvalue weighted by molar-refractivity contribution is -0.149. The molecule has 3 aliphatic rings. The highest BCUT2D eigenvalue weighted by Gasteiger charge is 2.74. The Morgan fingerprint density at radius 3 is 2.33 bits per heavy atom. The predicted octanol–water partition coefficient (Wildman–Crippen LogP) is 4.56. The minimum absolute atomic E-state index is 0.0201. The number of aliphatic hydroxyl groups is 1. The number of rotatable bonds is 12. The quantitative estimate of drug-likeness (QED) is 0.359. The highest BCUT2D eigenvalue weighted by molar-refractivity contribution is 8.02. The van der Waals surface area contributed by atoms with Crippen LogP contribution >= 0.6 is 11.8 Å². The van der Waals surface area contributed by atoms with Crippen molar-refractivity contribution in [3.63, 3.8) is 0 Å². The number of aliphatic hydroxyl groups excluding tert-OH is 1. The summed E-state index contributed by atoms with van der Waals surface area (Å²) in [5, 5.41) is 10.7. The van der Waals surface area contributed by atoms with E-state index in [1.165, 1.54) is 0 Å². The van der Waals surface area contributed by atoms with Crippen molar-refractivity contribution in [2.75, 3.05) is 26.7 Å². The van der Waals surface area contributed by atoms with E-state index in [0.717, 1.165) is 18.4 Å². The van der Waals surface area contributed by atoms with E-state index in [-0.39, 0.29) is 35.0 Å². The highest BCUT2D eigenvalue weighted by atomic mass is 32.2. The van der Waals surface area contributed by atoms with Crippen LogP contribution in [0, 0.1) is 17.3 Å². The van der Waals surface area contributed by atoms with Crippen LogP contribution in [0.5, 0.6) is 0 Å². The third-order valence-electron chi connectivity index (χ3n) is 9.23. The van der Waals surface area contributed by atoms with Crippen molar-refractivity contribution in [1.82, 2.24) is 14.7 Å². The number of benzene rings is 1. The van der Waals surface area contributed by atoms with Crippen LogP contribution in [-0.2, 0) is 20.8 Å². The second kappa shape index (κ2) is 12.2. The van der Waals surface area contributed by atoms with Crippen LogP contribution in [0.3, 0.4) is 0 Å². The average Bonchev–Trinajstić information content (AvgIpc) is 3.56. The fraction of sp³-hybridized carbons (Fsp3) is 0.618. The first-order valence-electron chi connectivity index (χ1n) is 15.2. The Kier molecular flexibility index (Phi) is 9.39. The summed E-state index contributed by atoms with van der Waals surface area (Å²) >= 11 is 1.67. The summed E-state index contributed by atoms with van der Waals surface area (Å²) in [4.78, 5) is 48.7. The maximum Gasteiger partial charge on any atom is 0.247 e. The van der Waals surface area contributed by atoms with Gasteiger partial charge in [0.2, 0.25) is 17.7 Å². The Morgan fingerprint density at radius 1 is 1.12 bits per heavy atom. The van der Waals surface area contributed by atoms with E-state index in [1.807, 2.05) is 35.2 Å². The largest absolute Gasteiger partial charge is 0.394 e. The van der Waals surface area contributed by atoms with Crippen molar-refractivity contribution < 1.29 is 19.5 Å². The minimum Gasteiger partial charge on any atom is -0.394 e. The second-order valence-electron chi connectivity index (χ2n) is 14.1. The molecule has 42 heavy (non-hydrogen) atoms. The summed E-state index contributed by atoms with van der Waals surface area (Å²) < 4.78 is -0.727. The molecule has 3 fully saturated rings. The molecule has 4 rings (SSSR count). The van der Waals surface area contributed by atoms with Crippen LogP contribution in [0.1, 0.15) is 59.4 Å². The summed E-state index contributed by atoms with van der Waals surface area (Å²) in [6, 6.07) is 8.39. The van der Waals surface area contributed by atoms with Crippen molar-refractivity contribution in [3.8, 4) is 0 Å². The lowest BCUT2D eigenvalue weighted by Crippen LogP contribution is -2.61. The summed E-state index contributed by atoms with van der Waals surface area (Å²) in [6.07, 6.45) is 6.08. The van der Waals surface area contributed by atoms with E-state index in [0.29, 0.717) is 25.9 Å². The fourth-order valence-corrected chi connectivity index (χ4v) is 10.2. The Morgan fingerprint density at radius 2 is 1.76 bits per heavy atom. The molecule has 1 aromatic carbocycles. The van der Waals surface area contributed by atoms with Gasteiger partial charge < -0.3 is 19.8 Å². The van der Waals surface area contributed by atoms with E-state index in [4.69, 9.17) is 0 Å². The minimum atomic E-state index is -0.785. The maximum absolute atomic E-state index is 15.0. The Bertz CT molecular complexity index is 1190. The van der Waals surface area contributed by atoms with Crippen molar-refractivity contribution in [2.24, 2.45) is 17.3 Å². The Balaban J connectivity index is 1.83. The van der Waals surface area contributed by atoms with E-state index in [2.05, 4.69) is 47.8 Å². The first-order valence-corrected chi connectivity index (χ1v) is 16.0. The molecule has 2 unspecified atom stereocenters. The zero-order valence-electron chi connectivity index (χ0n) is 26.2. The number of amides is 3. The van der Waals surface area contributed by atoms with Crippen molar-refractivity contribution in [3.05, 3.63) is 61.2 Å². The molecule has 7 nitrogen and oxygen atoms in total. The monoisotopic (exact) mass is 595 g/mol. The van der Waals surface area contributed by atoms with E-state index in [1.54, 1.807) is 40.8 Å². The first kappa shape index (κ1) is 32.3. The van der Waals surface area contributed by atoms with Crippen molar-refractivity contribution in [2.45, 2.75) is 87.9 Å². The molecular formula is C34H49N3O4S. The molecule has 230 valence electrons. The molecule has 3 aliphatic heterocycles. The van der Waals surface area contributed by atoms with Crippen LogP contribution in [0.25, 0.3) is 0 Å². The van der Waals surface area contributed by atoms with E-state index in [9.17, 15) is 14.7 Å². The lowest BCUT2D eigenvalue weighted by atomic mass is 9.70. The van der Waals surface area contributed by atoms with Gasteiger partial charge in [-0.15, -0.1) is 24.9 Å². The average molecular weight is 596 g/mol. The fourth-order valence-electron chi connectivity index (χ4n) is 8.03. The summed E-state index contributed by atoms with van der Waals surface area (Å²) in [7, 11) is 1.75. The van der Waals surface area contributed by atoms with Crippen LogP contribution in [0.2, 0.25) is 0 Å². The molecule has 1 aromatic rings. The van der Waals surface area contributed by atoms with Gasteiger partial charge in [0.05, 0.1) is 29.2 Å². The van der Waals surface area contributed by atoms with Gasteiger partial charge in [-0.05, 0) is 50.5 Å². The van der Waals surface area contributed by atoms with Gasteiger partial charge in [0.25, 0.3) is 0 Å². The summed E-state index contributed by atoms with van der Waals surface area (Å²) in [5.74, 6) is -1.49. The van der Waals surface area contributed by atoms with Gasteiger partial charge in [-0.2, -0.15) is 0 Å². The molecule has 3 amide bonds. The van der Waals surface area contributed by atoms with Gasteiger partial charge in [-0.1, -0.05) is 63.3 Å². The van der Waals surface area contributed by atoms with Crippen molar-refractivity contribution >= 4 is 29.5 Å². The maximum atomic E-state index is 15.0. The third-order valence-corrected chi connectivity index (χ3v) is 11.2. The number of likely N-dealkylation sites (N-methyl/N-ethyl adjacent to an activating group) is 1. The number of carbonyl (C=O) groups is 3. The molecule has 6 atom stereocenters. The van der Waals surface area contributed by atoms with E-state index >= 15 is 4.79 Å². The standard InChI is InChI=1S/C34H49N3O4S/c1-9-18-35(8)29(39)26-25-16-17-34(42-25)27(26)30(40)37(24(21-38)20-23-14-12-11-13-15-23)28(34)31(41)36(19-10-2)33(6,7)22-32(3,4)5/h9-15,24-28,38H,1-2,16-22H2,3-8H3/t24-,25+,26-,27+,28?,34?/m1/s1. The van der Waals surface area contributed by atoms with E-state index < -0.39 is 34.2 Å². The van der Waals surface area contributed by atoms with Gasteiger partial charge in [-0.3, -0.25) is 14.4 Å². The summed E-state index contributed by atoms with van der Waals surface area (Å²) in [5.41, 5.74) is 0.433.